The van der Waals surface area contributed by atoms with Gasteiger partial charge < -0.3 is 14.8 Å². The van der Waals surface area contributed by atoms with Gasteiger partial charge in [0, 0.05) is 18.6 Å². The smallest absolute Gasteiger partial charge is 0.133 e. The Bertz CT molecular complexity index is 425. The van der Waals surface area contributed by atoms with Gasteiger partial charge in [0.2, 0.25) is 0 Å². The molecule has 1 heterocycles. The van der Waals surface area contributed by atoms with Gasteiger partial charge in [-0.15, -0.1) is 0 Å². The Morgan fingerprint density at radius 3 is 2.89 bits per heavy atom. The molecule has 1 N–H and O–H groups in total. The van der Waals surface area contributed by atoms with E-state index < -0.39 is 0 Å². The summed E-state index contributed by atoms with van der Waals surface area (Å²) in [5, 5.41) is 3.45. The highest BCUT2D eigenvalue weighted by atomic mass is 79.9. The topological polar surface area (TPSA) is 30.5 Å². The molecule has 1 saturated heterocycles. The summed E-state index contributed by atoms with van der Waals surface area (Å²) in [5.74, 6) is 1.41. The van der Waals surface area contributed by atoms with Crippen LogP contribution in [0.3, 0.4) is 0 Å². The van der Waals surface area contributed by atoms with Crippen molar-refractivity contribution in [2.24, 2.45) is 5.92 Å². The molecule has 0 aliphatic carbocycles. The average Bonchev–Trinajstić information content (AvgIpc) is 2.88. The Morgan fingerprint density at radius 1 is 1.53 bits per heavy atom. The van der Waals surface area contributed by atoms with E-state index in [4.69, 9.17) is 9.47 Å². The highest BCUT2D eigenvalue weighted by Crippen LogP contribution is 2.37. The van der Waals surface area contributed by atoms with Gasteiger partial charge >= 0.3 is 0 Å². The maximum Gasteiger partial charge on any atom is 0.133 e. The van der Waals surface area contributed by atoms with Crippen molar-refractivity contribution < 1.29 is 9.47 Å². The van der Waals surface area contributed by atoms with Crippen molar-refractivity contribution in [1.82, 2.24) is 5.32 Å². The number of methoxy groups -OCH3 is 1. The maximum atomic E-state index is 5.82. The minimum atomic E-state index is 0.328. The van der Waals surface area contributed by atoms with Crippen LogP contribution in [-0.4, -0.2) is 26.9 Å². The summed E-state index contributed by atoms with van der Waals surface area (Å²) in [6.45, 7) is 3.07. The molecule has 0 radical (unpaired) electrons. The minimum absolute atomic E-state index is 0.328. The molecule has 0 amide bonds. The highest BCUT2D eigenvalue weighted by Gasteiger charge is 2.33. The van der Waals surface area contributed by atoms with E-state index in [-0.39, 0.29) is 0 Å². The Balaban J connectivity index is 2.24. The first kappa shape index (κ1) is 14.8. The fourth-order valence-electron chi connectivity index (χ4n) is 2.97. The van der Waals surface area contributed by atoms with E-state index in [0.29, 0.717) is 18.1 Å². The zero-order valence-corrected chi connectivity index (χ0v) is 13.4. The summed E-state index contributed by atoms with van der Waals surface area (Å²) in [5.41, 5.74) is 1.28. The van der Waals surface area contributed by atoms with Gasteiger partial charge in [0.1, 0.15) is 5.75 Å². The van der Waals surface area contributed by atoms with Gasteiger partial charge in [-0.3, -0.25) is 0 Å². The second-order valence-electron chi connectivity index (χ2n) is 4.93. The normalized spacial score (nSPS) is 24.4. The molecule has 3 nitrogen and oxygen atoms in total. The van der Waals surface area contributed by atoms with Crippen molar-refractivity contribution in [2.75, 3.05) is 20.8 Å². The Hall–Kier alpha value is -0.580. The SMILES string of the molecule is CCC1OCCC1C(NC)c1ccc(OC)c(Br)c1. The lowest BCUT2D eigenvalue weighted by atomic mass is 9.87. The van der Waals surface area contributed by atoms with Crippen molar-refractivity contribution in [3.63, 3.8) is 0 Å². The van der Waals surface area contributed by atoms with Crippen LogP contribution in [0.15, 0.2) is 22.7 Å². The van der Waals surface area contributed by atoms with Crippen LogP contribution < -0.4 is 10.1 Å². The van der Waals surface area contributed by atoms with E-state index in [1.54, 1.807) is 7.11 Å². The molecule has 2 rings (SSSR count). The highest BCUT2D eigenvalue weighted by molar-refractivity contribution is 9.10. The van der Waals surface area contributed by atoms with E-state index >= 15 is 0 Å². The molecule has 1 aliphatic heterocycles. The number of ether oxygens (including phenoxy) is 2. The lowest BCUT2D eigenvalue weighted by Gasteiger charge is -2.27. The van der Waals surface area contributed by atoms with Crippen LogP contribution in [0.5, 0.6) is 5.75 Å². The van der Waals surface area contributed by atoms with E-state index in [1.807, 2.05) is 13.1 Å². The molecule has 4 heteroatoms. The number of halogens is 1. The van der Waals surface area contributed by atoms with Crippen LogP contribution >= 0.6 is 15.9 Å². The van der Waals surface area contributed by atoms with E-state index in [1.165, 1.54) is 5.56 Å². The first-order chi connectivity index (χ1) is 9.21. The van der Waals surface area contributed by atoms with Gasteiger partial charge in [-0.25, -0.2) is 0 Å². The third kappa shape index (κ3) is 3.12. The predicted molar refractivity (Wildman–Crippen MR) is 80.6 cm³/mol. The van der Waals surface area contributed by atoms with Gasteiger partial charge in [-0.1, -0.05) is 13.0 Å². The first-order valence-corrected chi connectivity index (χ1v) is 7.62. The monoisotopic (exact) mass is 327 g/mol. The molecule has 1 aromatic carbocycles. The molecule has 106 valence electrons. The van der Waals surface area contributed by atoms with Crippen LogP contribution in [0.4, 0.5) is 0 Å². The van der Waals surface area contributed by atoms with Gasteiger partial charge in [0.05, 0.1) is 17.7 Å². The molecule has 3 atom stereocenters. The molecular weight excluding hydrogens is 306 g/mol. The molecule has 1 fully saturated rings. The Morgan fingerprint density at radius 2 is 2.32 bits per heavy atom. The molecule has 1 aliphatic rings. The number of hydrogen-bond donors (Lipinski definition) is 1. The summed E-state index contributed by atoms with van der Waals surface area (Å²) >= 11 is 3.56. The average molecular weight is 328 g/mol. The summed E-state index contributed by atoms with van der Waals surface area (Å²) in [6.07, 6.45) is 2.55. The molecule has 1 aromatic rings. The quantitative estimate of drug-likeness (QED) is 0.897. The Kier molecular flexibility index (Phi) is 5.25. The van der Waals surface area contributed by atoms with E-state index in [9.17, 15) is 0 Å². The van der Waals surface area contributed by atoms with Crippen LogP contribution in [0.25, 0.3) is 0 Å². The van der Waals surface area contributed by atoms with Crippen molar-refractivity contribution in [1.29, 1.82) is 0 Å². The number of rotatable bonds is 5. The first-order valence-electron chi connectivity index (χ1n) is 6.83. The van der Waals surface area contributed by atoms with Gasteiger partial charge in [0.15, 0.2) is 0 Å². The number of hydrogen-bond acceptors (Lipinski definition) is 3. The second kappa shape index (κ2) is 6.73. The maximum absolute atomic E-state index is 5.82. The van der Waals surface area contributed by atoms with Crippen molar-refractivity contribution >= 4 is 15.9 Å². The van der Waals surface area contributed by atoms with Crippen molar-refractivity contribution in [3.05, 3.63) is 28.2 Å². The van der Waals surface area contributed by atoms with Crippen molar-refractivity contribution in [3.8, 4) is 5.75 Å². The molecule has 3 unspecified atom stereocenters. The summed E-state index contributed by atoms with van der Waals surface area (Å²) in [6, 6.07) is 6.62. The molecule has 0 aromatic heterocycles. The summed E-state index contributed by atoms with van der Waals surface area (Å²) in [7, 11) is 3.71. The number of nitrogens with one attached hydrogen (secondary N) is 1. The predicted octanol–water partition coefficient (Wildman–Crippen LogP) is 3.53. The molecular formula is C15H22BrNO2. The van der Waals surface area contributed by atoms with E-state index in [0.717, 1.165) is 29.7 Å². The van der Waals surface area contributed by atoms with Crippen LogP contribution in [0, 0.1) is 5.92 Å². The zero-order chi connectivity index (χ0) is 13.8. The molecule has 0 bridgehead atoms. The third-order valence-electron chi connectivity index (χ3n) is 3.94. The fourth-order valence-corrected chi connectivity index (χ4v) is 3.53. The molecule has 0 spiro atoms. The molecule has 0 saturated carbocycles. The van der Waals surface area contributed by atoms with E-state index in [2.05, 4.69) is 40.3 Å². The Labute approximate surface area is 123 Å². The van der Waals surface area contributed by atoms with Crippen LogP contribution in [0.1, 0.15) is 31.4 Å². The minimum Gasteiger partial charge on any atom is -0.496 e. The van der Waals surface area contributed by atoms with Gasteiger partial charge in [0.25, 0.3) is 0 Å². The van der Waals surface area contributed by atoms with Gasteiger partial charge in [-0.2, -0.15) is 0 Å². The lowest BCUT2D eigenvalue weighted by Crippen LogP contribution is -2.30. The lowest BCUT2D eigenvalue weighted by molar-refractivity contribution is 0.0782. The van der Waals surface area contributed by atoms with Gasteiger partial charge in [-0.05, 0) is 53.5 Å². The second-order valence-corrected chi connectivity index (χ2v) is 5.78. The third-order valence-corrected chi connectivity index (χ3v) is 4.56. The van der Waals surface area contributed by atoms with Crippen LogP contribution in [0.2, 0.25) is 0 Å². The molecule has 19 heavy (non-hydrogen) atoms. The zero-order valence-electron chi connectivity index (χ0n) is 11.8. The summed E-state index contributed by atoms with van der Waals surface area (Å²) < 4.78 is 12.1. The standard InChI is InChI=1S/C15H22BrNO2/c1-4-13-11(7-8-19-13)15(17-2)10-5-6-14(18-3)12(16)9-10/h5-6,9,11,13,15,17H,4,7-8H2,1-3H3. The van der Waals surface area contributed by atoms with Crippen molar-refractivity contribution in [2.45, 2.75) is 31.9 Å². The summed E-state index contributed by atoms with van der Waals surface area (Å²) in [4.78, 5) is 0. The van der Waals surface area contributed by atoms with Crippen LogP contribution in [-0.2, 0) is 4.74 Å². The number of benzene rings is 1. The largest absolute Gasteiger partial charge is 0.496 e. The fraction of sp³-hybridized carbons (Fsp3) is 0.600.